The van der Waals surface area contributed by atoms with Gasteiger partial charge in [-0.1, -0.05) is 96.1 Å². The normalized spacial score (nSPS) is 12.0. The van der Waals surface area contributed by atoms with Gasteiger partial charge in [0, 0.05) is 48.8 Å². The number of aromatic nitrogens is 3. The van der Waals surface area contributed by atoms with Crippen LogP contribution >= 0.6 is 0 Å². The van der Waals surface area contributed by atoms with Crippen LogP contribution in [0.2, 0.25) is 0 Å². The van der Waals surface area contributed by atoms with Crippen LogP contribution < -0.4 is 0 Å². The Kier molecular flexibility index (Phi) is 8.31. The summed E-state index contributed by atoms with van der Waals surface area (Å²) in [6.07, 6.45) is 3.84. The van der Waals surface area contributed by atoms with Crippen LogP contribution in [0.15, 0.2) is 116 Å². The predicted molar refractivity (Wildman–Crippen MR) is 188 cm³/mol. The van der Waals surface area contributed by atoms with Crippen molar-refractivity contribution in [2.45, 2.75) is 52.4 Å². The minimum Gasteiger partial charge on any atom is -0.350 e. The number of rotatable bonds is 1. The number of hydrogen-bond acceptors (Lipinski definition) is 2. The maximum absolute atomic E-state index is 4.71. The van der Waals surface area contributed by atoms with Crippen molar-refractivity contribution in [2.75, 3.05) is 0 Å². The van der Waals surface area contributed by atoms with E-state index in [1.165, 1.54) is 44.1 Å². The summed E-state index contributed by atoms with van der Waals surface area (Å²) in [5.41, 5.74) is 12.9. The second-order valence-corrected chi connectivity index (χ2v) is 13.8. The minimum absolute atomic E-state index is 0. The first-order valence-electron chi connectivity index (χ1n) is 15.6. The molecule has 0 bridgehead atoms. The van der Waals surface area contributed by atoms with Gasteiger partial charge in [-0.3, -0.25) is 0 Å². The number of para-hydroxylation sites is 2. The molecule has 1 aliphatic rings. The van der Waals surface area contributed by atoms with E-state index in [9.17, 15) is 0 Å². The zero-order chi connectivity index (χ0) is 31.3. The van der Waals surface area contributed by atoms with Gasteiger partial charge in [-0.05, 0) is 56.7 Å². The summed E-state index contributed by atoms with van der Waals surface area (Å²) >= 11 is 0. The quantitative estimate of drug-likeness (QED) is 0.156. The van der Waals surface area contributed by atoms with Crippen molar-refractivity contribution in [3.63, 3.8) is 0 Å². The van der Waals surface area contributed by atoms with E-state index in [2.05, 4.69) is 154 Å². The Morgan fingerprint density at radius 3 is 2.09 bits per heavy atom. The summed E-state index contributed by atoms with van der Waals surface area (Å²) in [6.45, 7) is 13.3. The summed E-state index contributed by atoms with van der Waals surface area (Å²) in [6, 6.07) is 42.9. The molecule has 3 nitrogen and oxygen atoms in total. The summed E-state index contributed by atoms with van der Waals surface area (Å²) in [5, 5.41) is 2.56. The molecular formula is C42H37IrN3-2. The van der Waals surface area contributed by atoms with E-state index in [4.69, 9.17) is 4.98 Å². The van der Waals surface area contributed by atoms with Gasteiger partial charge in [-0.15, -0.1) is 65.2 Å². The molecule has 0 saturated carbocycles. The second-order valence-electron chi connectivity index (χ2n) is 13.8. The van der Waals surface area contributed by atoms with E-state index in [-0.39, 0.29) is 30.9 Å². The standard InChI is InChI=1S/C23H13N2.C19H24N.Ir/c1-3-12-20-15(7-1)17-9-5-10-18-16-11-6-14-24-22(16)19-8-2-4-13-21(19)25(20)23(17)18;1-18(2,3)15-9-7-14(8-10-15)17-12-11-16(13-20-17)19(4,5)6;/h1-7,9-14H;7,9-13H,1-6H3;/q2*-1;. The van der Waals surface area contributed by atoms with Gasteiger partial charge < -0.3 is 14.5 Å². The summed E-state index contributed by atoms with van der Waals surface area (Å²) in [7, 11) is 0. The molecule has 0 spiro atoms. The van der Waals surface area contributed by atoms with Gasteiger partial charge in [-0.2, -0.15) is 0 Å². The van der Waals surface area contributed by atoms with Crippen LogP contribution in [0, 0.1) is 12.1 Å². The van der Waals surface area contributed by atoms with Crippen LogP contribution in [0.25, 0.3) is 61.1 Å². The van der Waals surface area contributed by atoms with Gasteiger partial charge in [-0.25, -0.2) is 0 Å². The van der Waals surface area contributed by atoms with Crippen molar-refractivity contribution in [3.8, 4) is 39.3 Å². The molecule has 231 valence electrons. The maximum Gasteiger partial charge on any atom is 0.0524 e. The van der Waals surface area contributed by atoms with E-state index in [0.29, 0.717) is 0 Å². The average Bonchev–Trinajstić information content (AvgIpc) is 3.32. The van der Waals surface area contributed by atoms with Crippen molar-refractivity contribution < 1.29 is 20.1 Å². The van der Waals surface area contributed by atoms with Gasteiger partial charge in [0.15, 0.2) is 0 Å². The number of hydrogen-bond donors (Lipinski definition) is 0. The van der Waals surface area contributed by atoms with Gasteiger partial charge in [0.05, 0.1) is 5.52 Å². The molecule has 0 atom stereocenters. The SMILES string of the molecule is CC(C)(C)c1c[c-]c(-c2ccc(C(C)(C)C)cn2)cc1.[Ir].[c-]1cccc2c1-c1ncccc1-c1cccc3c4ccccc4n-2c13. The number of pyridine rings is 2. The average molecular weight is 776 g/mol. The summed E-state index contributed by atoms with van der Waals surface area (Å²) in [5.74, 6) is 0. The molecule has 0 aliphatic carbocycles. The van der Waals surface area contributed by atoms with Crippen LogP contribution in [-0.4, -0.2) is 14.5 Å². The molecule has 4 heteroatoms. The second kappa shape index (κ2) is 12.1. The Morgan fingerprint density at radius 1 is 0.630 bits per heavy atom. The Morgan fingerprint density at radius 2 is 1.37 bits per heavy atom. The third-order valence-corrected chi connectivity index (χ3v) is 8.69. The smallest absolute Gasteiger partial charge is 0.0524 e. The molecule has 46 heavy (non-hydrogen) atoms. The van der Waals surface area contributed by atoms with Crippen molar-refractivity contribution in [1.29, 1.82) is 0 Å². The molecule has 8 rings (SSSR count). The number of benzene rings is 4. The zero-order valence-corrected chi connectivity index (χ0v) is 29.5. The van der Waals surface area contributed by atoms with Gasteiger partial charge in [0.2, 0.25) is 0 Å². The molecular weight excluding hydrogens is 739 g/mol. The van der Waals surface area contributed by atoms with Crippen molar-refractivity contribution >= 4 is 21.8 Å². The van der Waals surface area contributed by atoms with Crippen LogP contribution in [0.4, 0.5) is 0 Å². The fraction of sp³-hybridized carbons (Fsp3) is 0.190. The van der Waals surface area contributed by atoms with Gasteiger partial charge in [0.1, 0.15) is 0 Å². The van der Waals surface area contributed by atoms with Crippen molar-refractivity contribution in [2.24, 2.45) is 0 Å². The molecule has 0 unspecified atom stereocenters. The molecule has 4 aromatic carbocycles. The molecule has 0 amide bonds. The molecule has 0 fully saturated rings. The number of nitrogens with zero attached hydrogens (tertiary/aromatic N) is 3. The Labute approximate surface area is 285 Å². The topological polar surface area (TPSA) is 30.7 Å². The Hall–Kier alpha value is -4.37. The molecule has 1 aliphatic heterocycles. The first kappa shape index (κ1) is 31.6. The molecule has 7 aromatic rings. The van der Waals surface area contributed by atoms with Crippen LogP contribution in [-0.2, 0) is 30.9 Å². The van der Waals surface area contributed by atoms with Gasteiger partial charge >= 0.3 is 0 Å². The largest absolute Gasteiger partial charge is 0.350 e. The van der Waals surface area contributed by atoms with E-state index < -0.39 is 0 Å². The monoisotopic (exact) mass is 776 g/mol. The van der Waals surface area contributed by atoms with Crippen LogP contribution in [0.5, 0.6) is 0 Å². The molecule has 0 saturated heterocycles. The van der Waals surface area contributed by atoms with E-state index in [1.807, 2.05) is 24.5 Å². The third kappa shape index (κ3) is 5.61. The van der Waals surface area contributed by atoms with E-state index in [1.54, 1.807) is 0 Å². The fourth-order valence-corrected chi connectivity index (χ4v) is 6.16. The van der Waals surface area contributed by atoms with Crippen LogP contribution in [0.1, 0.15) is 52.7 Å². The van der Waals surface area contributed by atoms with Crippen molar-refractivity contribution in [3.05, 3.63) is 139 Å². The molecule has 3 aromatic heterocycles. The van der Waals surface area contributed by atoms with Crippen molar-refractivity contribution in [1.82, 2.24) is 14.5 Å². The fourth-order valence-electron chi connectivity index (χ4n) is 6.16. The molecule has 0 N–H and O–H groups in total. The van der Waals surface area contributed by atoms with Crippen LogP contribution in [0.3, 0.4) is 0 Å². The Balaban J connectivity index is 0.000000163. The molecule has 4 heterocycles. The predicted octanol–water partition coefficient (Wildman–Crippen LogP) is 10.8. The van der Waals surface area contributed by atoms with Gasteiger partial charge in [0.25, 0.3) is 0 Å². The minimum atomic E-state index is 0. The first-order chi connectivity index (χ1) is 21.6. The first-order valence-corrected chi connectivity index (χ1v) is 15.6. The molecule has 1 radical (unpaired) electrons. The third-order valence-electron chi connectivity index (χ3n) is 8.69. The maximum atomic E-state index is 4.71. The van der Waals surface area contributed by atoms with E-state index in [0.717, 1.165) is 28.2 Å². The summed E-state index contributed by atoms with van der Waals surface area (Å²) in [4.78, 5) is 9.28. The summed E-state index contributed by atoms with van der Waals surface area (Å²) < 4.78 is 2.37. The zero-order valence-electron chi connectivity index (χ0n) is 27.1. The van der Waals surface area contributed by atoms with E-state index >= 15 is 0 Å². The number of fused-ring (bicyclic) bond motifs is 8. The Bertz CT molecular complexity index is 2100.